The molecular weight excluding hydrogens is 558 g/mol. The molecule has 38 heavy (non-hydrogen) atoms. The number of amides is 2. The number of nitrogen functional groups attached to an aromatic ring is 3. The maximum Gasteiger partial charge on any atom is 0.322 e. The average molecular weight is 582 g/mol. The Morgan fingerprint density at radius 3 is 2.79 bits per heavy atom. The van der Waals surface area contributed by atoms with Crippen LogP contribution in [0, 0.1) is 0 Å². The average Bonchev–Trinajstić information content (AvgIpc) is 3.32. The molecule has 0 saturated carbocycles. The molecule has 4 rings (SSSR count). The van der Waals surface area contributed by atoms with E-state index in [2.05, 4.69) is 30.1 Å². The van der Waals surface area contributed by atoms with Gasteiger partial charge in [0.25, 0.3) is 11.8 Å². The van der Waals surface area contributed by atoms with E-state index in [-0.39, 0.29) is 46.3 Å². The largest absolute Gasteiger partial charge is 0.543 e. The summed E-state index contributed by atoms with van der Waals surface area (Å²) in [5, 5.41) is 21.1. The van der Waals surface area contributed by atoms with E-state index in [1.165, 1.54) is 16.4 Å². The molecule has 2 aliphatic heterocycles. The number of hydrogen-bond acceptors (Lipinski definition) is 16. The fourth-order valence-corrected chi connectivity index (χ4v) is 6.45. The Kier molecular flexibility index (Phi) is 8.07. The maximum atomic E-state index is 13.0. The van der Waals surface area contributed by atoms with Crippen molar-refractivity contribution in [3.8, 4) is 0 Å². The number of nitrogens with one attached hydrogen (secondary N) is 2. The Bertz CT molecular complexity index is 1350. The van der Waals surface area contributed by atoms with E-state index >= 15 is 0 Å². The molecule has 19 heteroatoms. The first kappa shape index (κ1) is 27.2. The van der Waals surface area contributed by atoms with E-state index in [1.807, 2.05) is 0 Å². The first-order valence-corrected chi connectivity index (χ1v) is 13.7. The van der Waals surface area contributed by atoms with Crippen LogP contribution in [0.25, 0.3) is 0 Å². The second kappa shape index (κ2) is 11.3. The van der Waals surface area contributed by atoms with Crippen molar-refractivity contribution in [2.24, 2.45) is 5.16 Å². The zero-order valence-electron chi connectivity index (χ0n) is 20.0. The van der Waals surface area contributed by atoms with Gasteiger partial charge in [-0.15, -0.1) is 16.4 Å². The number of aromatic nitrogens is 4. The SMILES string of the molecule is CCO/N=C(\C(=O)NC1C(=O)N2C(C(=O)[O-])=C(CSc3nc(N)cc(NC)[n+]3N)CS[C@H]12)c1nsc(N)n1. The number of carbonyl (C=O) groups is 3. The zero-order valence-corrected chi connectivity index (χ0v) is 22.5. The minimum absolute atomic E-state index is 0.0539. The first-order valence-electron chi connectivity index (χ1n) is 10.9. The fourth-order valence-electron chi connectivity index (χ4n) is 3.59. The van der Waals surface area contributed by atoms with Gasteiger partial charge in [-0.05, 0) is 24.3 Å². The van der Waals surface area contributed by atoms with Gasteiger partial charge in [0, 0.05) is 30.1 Å². The molecule has 202 valence electrons. The summed E-state index contributed by atoms with van der Waals surface area (Å²) >= 11 is 3.31. The molecular formula is C19H23N11O5S3. The smallest absolute Gasteiger partial charge is 0.322 e. The quantitative estimate of drug-likeness (QED) is 0.0359. The highest BCUT2D eigenvalue weighted by molar-refractivity contribution is 8.01. The molecule has 4 heterocycles. The number of nitrogens with two attached hydrogens (primary N) is 3. The van der Waals surface area contributed by atoms with E-state index in [0.29, 0.717) is 16.5 Å². The monoisotopic (exact) mass is 581 g/mol. The van der Waals surface area contributed by atoms with Gasteiger partial charge in [0.15, 0.2) is 5.13 Å². The van der Waals surface area contributed by atoms with Gasteiger partial charge in [0.05, 0.1) is 17.7 Å². The molecule has 0 bridgehead atoms. The highest BCUT2D eigenvalue weighted by Crippen LogP contribution is 2.41. The number of rotatable bonds is 10. The molecule has 0 spiro atoms. The van der Waals surface area contributed by atoms with Crippen molar-refractivity contribution in [2.75, 3.05) is 47.8 Å². The summed E-state index contributed by atoms with van der Waals surface area (Å²) < 4.78 is 5.25. The van der Waals surface area contributed by atoms with Gasteiger partial charge in [0.1, 0.15) is 18.0 Å². The molecule has 2 atom stereocenters. The van der Waals surface area contributed by atoms with Crippen LogP contribution >= 0.6 is 35.1 Å². The van der Waals surface area contributed by atoms with Crippen LogP contribution in [0.3, 0.4) is 0 Å². The molecule has 2 aromatic rings. The number of oxime groups is 1. The second-order valence-corrected chi connectivity index (χ2v) is 10.5. The lowest BCUT2D eigenvalue weighted by Crippen LogP contribution is -2.71. The van der Waals surface area contributed by atoms with Gasteiger partial charge in [-0.25, -0.2) is 0 Å². The number of hydrogen-bond donors (Lipinski definition) is 5. The Labute approximate surface area is 228 Å². The van der Waals surface area contributed by atoms with Crippen LogP contribution in [0.15, 0.2) is 27.6 Å². The van der Waals surface area contributed by atoms with E-state index in [9.17, 15) is 19.5 Å². The molecule has 0 radical (unpaired) electrons. The third kappa shape index (κ3) is 5.24. The maximum absolute atomic E-state index is 13.0. The van der Waals surface area contributed by atoms with E-state index < -0.39 is 29.2 Å². The van der Waals surface area contributed by atoms with Crippen molar-refractivity contribution in [2.45, 2.75) is 23.5 Å². The minimum Gasteiger partial charge on any atom is -0.543 e. The standard InChI is InChI=1S/C19H23N11O5S3/c1-3-35-27-10(13-26-18(21)38-28-13)14(31)25-11-15(32)29-12(17(33)34)7(5-36-16(11)29)6-37-19-24-8(20)4-9(23-2)30(19)22/h4,11,16H,3,5-6,22H2,1-2H3,(H6,20,21,23,25,26,28,31,33,34)/b27-10-/t11?,16-/m1/s1. The summed E-state index contributed by atoms with van der Waals surface area (Å²) in [6.07, 6.45) is 0. The molecule has 8 N–H and O–H groups in total. The number of carboxylic acid groups (broad SMARTS) is 1. The van der Waals surface area contributed by atoms with Gasteiger partial charge in [-0.1, -0.05) is 10.1 Å². The van der Waals surface area contributed by atoms with Crippen LogP contribution in [-0.4, -0.2) is 79.3 Å². The van der Waals surface area contributed by atoms with Crippen LogP contribution in [0.2, 0.25) is 0 Å². The molecule has 1 saturated heterocycles. The molecule has 0 aromatic carbocycles. The van der Waals surface area contributed by atoms with Crippen LogP contribution in [0.1, 0.15) is 12.7 Å². The third-order valence-corrected chi connectivity index (χ3v) is 8.21. The van der Waals surface area contributed by atoms with Crippen molar-refractivity contribution in [3.63, 3.8) is 0 Å². The van der Waals surface area contributed by atoms with Gasteiger partial charge in [-0.3, -0.25) is 20.3 Å². The lowest BCUT2D eigenvalue weighted by molar-refractivity contribution is -0.667. The highest BCUT2D eigenvalue weighted by atomic mass is 32.2. The minimum atomic E-state index is -1.51. The fraction of sp³-hybridized carbons (Fsp3) is 0.368. The molecule has 16 nitrogen and oxygen atoms in total. The van der Waals surface area contributed by atoms with Gasteiger partial charge in [-0.2, -0.15) is 9.36 Å². The van der Waals surface area contributed by atoms with Gasteiger partial charge in [0.2, 0.25) is 23.2 Å². The molecule has 2 aromatic heterocycles. The number of nitrogens with zero attached hydrogens (tertiary/aromatic N) is 6. The topological polar surface area (TPSA) is 244 Å². The second-order valence-electron chi connectivity index (χ2n) is 7.67. The molecule has 1 unspecified atom stereocenters. The number of β-lactam (4-membered cyclic amide) rings is 1. The summed E-state index contributed by atoms with van der Waals surface area (Å²) in [4.78, 5) is 52.2. The number of anilines is 3. The van der Waals surface area contributed by atoms with Crippen LogP contribution in [0.4, 0.5) is 16.8 Å². The highest BCUT2D eigenvalue weighted by Gasteiger charge is 2.53. The van der Waals surface area contributed by atoms with Crippen molar-refractivity contribution >= 4 is 75.3 Å². The number of carboxylic acids is 1. The van der Waals surface area contributed by atoms with E-state index in [0.717, 1.165) is 28.2 Å². The first-order chi connectivity index (χ1) is 18.2. The van der Waals surface area contributed by atoms with Crippen molar-refractivity contribution in [3.05, 3.63) is 23.2 Å². The summed E-state index contributed by atoms with van der Waals surface area (Å²) in [5.41, 5.74) is 11.4. The lowest BCUT2D eigenvalue weighted by atomic mass is 10.0. The predicted octanol–water partition coefficient (Wildman–Crippen LogP) is -2.92. The van der Waals surface area contributed by atoms with Crippen molar-refractivity contribution in [1.82, 2.24) is 24.6 Å². The summed E-state index contributed by atoms with van der Waals surface area (Å²) in [6.45, 7) is 1.85. The Balaban J connectivity index is 1.51. The molecule has 0 aliphatic carbocycles. The van der Waals surface area contributed by atoms with E-state index in [1.54, 1.807) is 20.0 Å². The Morgan fingerprint density at radius 2 is 2.16 bits per heavy atom. The van der Waals surface area contributed by atoms with E-state index in [4.69, 9.17) is 22.1 Å². The Hall–Kier alpha value is -3.84. The number of thioether (sulfide) groups is 2. The third-order valence-electron chi connectivity index (χ3n) is 5.29. The number of fused-ring (bicyclic) bond motifs is 1. The zero-order chi connectivity index (χ0) is 27.6. The normalized spacial score (nSPS) is 19.1. The summed E-state index contributed by atoms with van der Waals surface area (Å²) in [7, 11) is 1.67. The predicted molar refractivity (Wildman–Crippen MR) is 139 cm³/mol. The molecule has 2 amide bonds. The van der Waals surface area contributed by atoms with Crippen LogP contribution in [-0.2, 0) is 19.2 Å². The summed E-state index contributed by atoms with van der Waals surface area (Å²) in [6, 6.07) is 0.535. The lowest BCUT2D eigenvalue weighted by Gasteiger charge is -2.50. The molecule has 2 aliphatic rings. The van der Waals surface area contributed by atoms with Crippen LogP contribution < -0.4 is 37.7 Å². The van der Waals surface area contributed by atoms with Gasteiger partial charge < -0.3 is 36.8 Å². The van der Waals surface area contributed by atoms with Crippen LogP contribution in [0.5, 0.6) is 0 Å². The Morgan fingerprint density at radius 1 is 1.39 bits per heavy atom. The van der Waals surface area contributed by atoms with Gasteiger partial charge >= 0.3 is 5.16 Å². The van der Waals surface area contributed by atoms with Crippen molar-refractivity contribution in [1.29, 1.82) is 0 Å². The number of aliphatic carboxylic acids is 1. The van der Waals surface area contributed by atoms with Crippen molar-refractivity contribution < 1.29 is 29.0 Å². The molecule has 1 fully saturated rings. The number of carbonyl (C=O) groups excluding carboxylic acids is 3. The summed E-state index contributed by atoms with van der Waals surface area (Å²) in [5.74, 6) is 4.24.